The highest BCUT2D eigenvalue weighted by molar-refractivity contribution is 14.1. The average Bonchev–Trinajstić information content (AvgIpc) is 2.83. The van der Waals surface area contributed by atoms with E-state index in [0.29, 0.717) is 6.61 Å². The van der Waals surface area contributed by atoms with Gasteiger partial charge in [0.05, 0.1) is 23.0 Å². The largest absolute Gasteiger partial charge is 0.476 e. The molecular formula is C12H15IN4O2. The van der Waals surface area contributed by atoms with Gasteiger partial charge in [-0.25, -0.2) is 4.98 Å². The van der Waals surface area contributed by atoms with E-state index in [1.807, 2.05) is 6.07 Å². The molecule has 2 aromatic heterocycles. The van der Waals surface area contributed by atoms with Gasteiger partial charge in [-0.05, 0) is 22.6 Å². The molecule has 0 spiro atoms. The normalized spacial score (nSPS) is 16.9. The Morgan fingerprint density at radius 3 is 3.05 bits per heavy atom. The summed E-state index contributed by atoms with van der Waals surface area (Å²) in [6, 6.07) is 1.84. The van der Waals surface area contributed by atoms with Gasteiger partial charge in [0, 0.05) is 31.9 Å². The number of ether oxygens (including phenoxy) is 2. The van der Waals surface area contributed by atoms with Crippen LogP contribution in [-0.4, -0.2) is 59.0 Å². The molecule has 1 fully saturated rings. The fraction of sp³-hybridized carbons (Fsp3) is 0.500. The minimum Gasteiger partial charge on any atom is -0.476 e. The monoisotopic (exact) mass is 374 g/mol. The van der Waals surface area contributed by atoms with Crippen LogP contribution in [0.3, 0.4) is 0 Å². The Balaban J connectivity index is 1.62. The van der Waals surface area contributed by atoms with Gasteiger partial charge >= 0.3 is 0 Å². The van der Waals surface area contributed by atoms with Crippen molar-refractivity contribution in [3.8, 4) is 5.88 Å². The number of fused-ring (bicyclic) bond motifs is 1. The fourth-order valence-electron chi connectivity index (χ4n) is 2.06. The number of hydrogen-bond acceptors (Lipinski definition) is 5. The standard InChI is InChI=1S/C12H15IN4O2/c13-10-9-15-17-11(1-2-14-12(10)17)19-8-5-16-3-6-18-7-4-16/h1-2,9H,3-8H2. The highest BCUT2D eigenvalue weighted by Crippen LogP contribution is 2.16. The maximum Gasteiger partial charge on any atom is 0.218 e. The van der Waals surface area contributed by atoms with E-state index >= 15 is 0 Å². The lowest BCUT2D eigenvalue weighted by molar-refractivity contribution is 0.0318. The van der Waals surface area contributed by atoms with Gasteiger partial charge < -0.3 is 9.47 Å². The van der Waals surface area contributed by atoms with Crippen molar-refractivity contribution in [3.05, 3.63) is 22.0 Å². The number of hydrogen-bond donors (Lipinski definition) is 0. The first-order valence-corrected chi connectivity index (χ1v) is 7.33. The van der Waals surface area contributed by atoms with E-state index in [4.69, 9.17) is 9.47 Å². The van der Waals surface area contributed by atoms with Crippen LogP contribution in [0.5, 0.6) is 5.88 Å². The lowest BCUT2D eigenvalue weighted by atomic mass is 10.4. The zero-order valence-corrected chi connectivity index (χ0v) is 12.6. The minimum absolute atomic E-state index is 0.648. The third-order valence-corrected chi connectivity index (χ3v) is 3.85. The van der Waals surface area contributed by atoms with Crippen LogP contribution in [0.15, 0.2) is 18.5 Å². The summed E-state index contributed by atoms with van der Waals surface area (Å²) in [5, 5.41) is 4.27. The molecule has 19 heavy (non-hydrogen) atoms. The third kappa shape index (κ3) is 2.98. The van der Waals surface area contributed by atoms with Gasteiger partial charge in [0.25, 0.3) is 0 Å². The molecule has 1 aliphatic rings. The number of halogens is 1. The molecule has 3 heterocycles. The summed E-state index contributed by atoms with van der Waals surface area (Å²) in [5.41, 5.74) is 0.837. The maximum absolute atomic E-state index is 5.81. The molecular weight excluding hydrogens is 359 g/mol. The smallest absolute Gasteiger partial charge is 0.218 e. The predicted molar refractivity (Wildman–Crippen MR) is 78.5 cm³/mol. The van der Waals surface area contributed by atoms with Crippen molar-refractivity contribution in [2.45, 2.75) is 0 Å². The molecule has 3 rings (SSSR count). The van der Waals surface area contributed by atoms with E-state index in [2.05, 4.69) is 37.6 Å². The number of morpholine rings is 1. The van der Waals surface area contributed by atoms with Gasteiger partial charge in [-0.2, -0.15) is 9.61 Å². The Morgan fingerprint density at radius 1 is 1.37 bits per heavy atom. The summed E-state index contributed by atoms with van der Waals surface area (Å²) >= 11 is 2.22. The molecule has 0 bridgehead atoms. The minimum atomic E-state index is 0.648. The molecule has 0 aromatic carbocycles. The second-order valence-corrected chi connectivity index (χ2v) is 5.48. The number of nitrogens with zero attached hydrogens (tertiary/aromatic N) is 4. The van der Waals surface area contributed by atoms with Crippen LogP contribution in [0.4, 0.5) is 0 Å². The van der Waals surface area contributed by atoms with Crippen LogP contribution >= 0.6 is 22.6 Å². The Labute approximate surface area is 124 Å². The van der Waals surface area contributed by atoms with Crippen molar-refractivity contribution >= 4 is 28.2 Å². The topological polar surface area (TPSA) is 51.9 Å². The van der Waals surface area contributed by atoms with Crippen LogP contribution in [-0.2, 0) is 4.74 Å². The zero-order chi connectivity index (χ0) is 13.1. The van der Waals surface area contributed by atoms with Crippen LogP contribution in [0.1, 0.15) is 0 Å². The van der Waals surface area contributed by atoms with Crippen molar-refractivity contribution in [1.82, 2.24) is 19.5 Å². The van der Waals surface area contributed by atoms with Gasteiger partial charge in [-0.15, -0.1) is 0 Å². The van der Waals surface area contributed by atoms with Crippen molar-refractivity contribution < 1.29 is 9.47 Å². The SMILES string of the molecule is Ic1cnn2c(OCCN3CCOCC3)ccnc12. The first-order valence-electron chi connectivity index (χ1n) is 6.26. The Morgan fingerprint density at radius 2 is 2.21 bits per heavy atom. The number of rotatable bonds is 4. The van der Waals surface area contributed by atoms with Crippen LogP contribution in [0.25, 0.3) is 5.65 Å². The van der Waals surface area contributed by atoms with E-state index < -0.39 is 0 Å². The van der Waals surface area contributed by atoms with Gasteiger partial charge in [-0.1, -0.05) is 0 Å². The molecule has 0 unspecified atom stereocenters. The zero-order valence-electron chi connectivity index (χ0n) is 10.5. The van der Waals surface area contributed by atoms with Crippen molar-refractivity contribution in [2.75, 3.05) is 39.5 Å². The van der Waals surface area contributed by atoms with Gasteiger partial charge in [0.2, 0.25) is 5.88 Å². The van der Waals surface area contributed by atoms with Crippen LogP contribution in [0, 0.1) is 3.57 Å². The molecule has 0 saturated carbocycles. The summed E-state index contributed by atoms with van der Waals surface area (Å²) in [7, 11) is 0. The first-order chi connectivity index (χ1) is 9.34. The maximum atomic E-state index is 5.81. The molecule has 102 valence electrons. The highest BCUT2D eigenvalue weighted by Gasteiger charge is 2.11. The lowest BCUT2D eigenvalue weighted by Crippen LogP contribution is -2.38. The van der Waals surface area contributed by atoms with Gasteiger partial charge in [-0.3, -0.25) is 4.90 Å². The molecule has 0 amide bonds. The van der Waals surface area contributed by atoms with E-state index in [1.165, 1.54) is 0 Å². The number of aromatic nitrogens is 3. The molecule has 2 aromatic rings. The summed E-state index contributed by atoms with van der Waals surface area (Å²) < 4.78 is 13.9. The summed E-state index contributed by atoms with van der Waals surface area (Å²) in [6.45, 7) is 5.15. The van der Waals surface area contributed by atoms with Crippen LogP contribution in [0.2, 0.25) is 0 Å². The summed E-state index contributed by atoms with van der Waals surface area (Å²) in [4.78, 5) is 6.63. The van der Waals surface area contributed by atoms with E-state index in [1.54, 1.807) is 16.9 Å². The van der Waals surface area contributed by atoms with Gasteiger partial charge in [0.15, 0.2) is 5.65 Å². The highest BCUT2D eigenvalue weighted by atomic mass is 127. The van der Waals surface area contributed by atoms with Gasteiger partial charge in [0.1, 0.15) is 6.61 Å². The molecule has 1 saturated heterocycles. The second kappa shape index (κ2) is 6.02. The molecule has 0 radical (unpaired) electrons. The van der Waals surface area contributed by atoms with E-state index in [-0.39, 0.29) is 0 Å². The third-order valence-electron chi connectivity index (χ3n) is 3.08. The molecule has 7 heteroatoms. The molecule has 0 aliphatic carbocycles. The molecule has 6 nitrogen and oxygen atoms in total. The molecule has 0 atom stereocenters. The first kappa shape index (κ1) is 13.1. The van der Waals surface area contributed by atoms with Crippen molar-refractivity contribution in [1.29, 1.82) is 0 Å². The Bertz CT molecular complexity index is 554. The fourth-order valence-corrected chi connectivity index (χ4v) is 2.55. The molecule has 0 N–H and O–H groups in total. The Kier molecular flexibility index (Phi) is 4.14. The molecule has 1 aliphatic heterocycles. The second-order valence-electron chi connectivity index (χ2n) is 4.31. The van der Waals surface area contributed by atoms with Crippen LogP contribution < -0.4 is 4.74 Å². The summed E-state index contributed by atoms with van der Waals surface area (Å²) in [5.74, 6) is 0.737. The average molecular weight is 374 g/mol. The predicted octanol–water partition coefficient (Wildman–Crippen LogP) is 1.04. The van der Waals surface area contributed by atoms with Crippen molar-refractivity contribution in [3.63, 3.8) is 0 Å². The Hall–Kier alpha value is -0.930. The quantitative estimate of drug-likeness (QED) is 0.749. The van der Waals surface area contributed by atoms with E-state index in [0.717, 1.165) is 47.9 Å². The van der Waals surface area contributed by atoms with Crippen molar-refractivity contribution in [2.24, 2.45) is 0 Å². The van der Waals surface area contributed by atoms with E-state index in [9.17, 15) is 0 Å². The lowest BCUT2D eigenvalue weighted by Gasteiger charge is -2.26. The summed E-state index contributed by atoms with van der Waals surface area (Å²) in [6.07, 6.45) is 3.54.